The zero-order chi connectivity index (χ0) is 11.8. The zero-order valence-electron chi connectivity index (χ0n) is 10.0. The van der Waals surface area contributed by atoms with Crippen LogP contribution in [0.4, 0.5) is 0 Å². The summed E-state index contributed by atoms with van der Waals surface area (Å²) in [6.07, 6.45) is 8.08. The first-order chi connectivity index (χ1) is 7.79. The summed E-state index contributed by atoms with van der Waals surface area (Å²) in [5.74, 6) is 0. The molecule has 0 unspecified atom stereocenters. The average Bonchev–Trinajstić information content (AvgIpc) is 2.65. The van der Waals surface area contributed by atoms with Gasteiger partial charge in [0.1, 0.15) is 0 Å². The van der Waals surface area contributed by atoms with Crippen LogP contribution in [0.15, 0.2) is 12.3 Å². The third-order valence-corrected chi connectivity index (χ3v) is 2.61. The van der Waals surface area contributed by atoms with Crippen molar-refractivity contribution in [3.05, 3.63) is 23.0 Å². The van der Waals surface area contributed by atoms with Crippen LogP contribution in [0.3, 0.4) is 0 Å². The molecular formula is C12H20ClN3. The number of hydrogen-bond donors (Lipinski definition) is 1. The summed E-state index contributed by atoms with van der Waals surface area (Å²) in [6.45, 7) is 7.18. The third-order valence-electron chi connectivity index (χ3n) is 2.32. The van der Waals surface area contributed by atoms with E-state index in [9.17, 15) is 0 Å². The maximum absolute atomic E-state index is 6.04. The predicted octanol–water partition coefficient (Wildman–Crippen LogP) is 2.96. The summed E-state index contributed by atoms with van der Waals surface area (Å²) >= 11 is 6.04. The maximum Gasteiger partial charge on any atom is 0.0859 e. The number of nitrogens with zero attached hydrogens (tertiary/aromatic N) is 2. The summed E-state index contributed by atoms with van der Waals surface area (Å²) in [4.78, 5) is 0. The molecule has 90 valence electrons. The van der Waals surface area contributed by atoms with E-state index in [-0.39, 0.29) is 0 Å². The molecule has 0 saturated carbocycles. The van der Waals surface area contributed by atoms with Crippen molar-refractivity contribution in [1.82, 2.24) is 15.1 Å². The molecule has 0 saturated heterocycles. The van der Waals surface area contributed by atoms with Gasteiger partial charge in [-0.25, -0.2) is 0 Å². The van der Waals surface area contributed by atoms with Crippen molar-refractivity contribution >= 4 is 17.7 Å². The number of halogens is 1. The first kappa shape index (κ1) is 13.3. The van der Waals surface area contributed by atoms with E-state index < -0.39 is 0 Å². The Balaban J connectivity index is 2.40. The van der Waals surface area contributed by atoms with Crippen LogP contribution in [0.5, 0.6) is 0 Å². The molecule has 0 fully saturated rings. The number of aromatic nitrogens is 2. The number of nitrogens with one attached hydrogen (secondary N) is 1. The van der Waals surface area contributed by atoms with Crippen LogP contribution in [0.1, 0.15) is 32.4 Å². The molecule has 1 rings (SSSR count). The molecule has 0 amide bonds. The Morgan fingerprint density at radius 1 is 1.44 bits per heavy atom. The first-order valence-electron chi connectivity index (χ1n) is 5.88. The molecule has 1 aromatic heterocycles. The summed E-state index contributed by atoms with van der Waals surface area (Å²) in [5.41, 5.74) is 1.000. The highest BCUT2D eigenvalue weighted by Crippen LogP contribution is 2.16. The van der Waals surface area contributed by atoms with Crippen LogP contribution in [-0.2, 0) is 6.54 Å². The van der Waals surface area contributed by atoms with Gasteiger partial charge in [0.25, 0.3) is 0 Å². The summed E-state index contributed by atoms with van der Waals surface area (Å²) < 4.78 is 1.90. The van der Waals surface area contributed by atoms with E-state index in [4.69, 9.17) is 11.6 Å². The van der Waals surface area contributed by atoms with Gasteiger partial charge in [0.05, 0.1) is 16.9 Å². The smallest absolute Gasteiger partial charge is 0.0859 e. The summed E-state index contributed by atoms with van der Waals surface area (Å²) in [6, 6.07) is 0. The number of aryl methyl sites for hydroxylation is 1. The standard InChI is InChI=1S/C12H20ClN3/c1-3-8-14-9-6-5-7-12-11(13)10-15-16(12)4-2/h5,7,10,14H,3-4,6,8-9H2,1-2H3/b7-5+. The van der Waals surface area contributed by atoms with Crippen molar-refractivity contribution in [2.24, 2.45) is 0 Å². The Labute approximate surface area is 102 Å². The molecule has 3 nitrogen and oxygen atoms in total. The normalized spacial score (nSPS) is 11.4. The first-order valence-corrected chi connectivity index (χ1v) is 6.26. The van der Waals surface area contributed by atoms with Gasteiger partial charge in [-0.15, -0.1) is 0 Å². The fourth-order valence-electron chi connectivity index (χ4n) is 1.47. The zero-order valence-corrected chi connectivity index (χ0v) is 10.8. The molecule has 1 aromatic rings. The highest BCUT2D eigenvalue weighted by Gasteiger charge is 2.02. The SMILES string of the molecule is CCCNCC/C=C/c1c(Cl)cnn1CC. The molecule has 0 radical (unpaired) electrons. The monoisotopic (exact) mass is 241 g/mol. The molecule has 1 N–H and O–H groups in total. The Morgan fingerprint density at radius 3 is 2.94 bits per heavy atom. The molecule has 0 bridgehead atoms. The maximum atomic E-state index is 6.04. The van der Waals surface area contributed by atoms with Crippen LogP contribution in [0.25, 0.3) is 6.08 Å². The summed E-state index contributed by atoms with van der Waals surface area (Å²) in [7, 11) is 0. The Kier molecular flexibility index (Phi) is 6.19. The fourth-order valence-corrected chi connectivity index (χ4v) is 1.68. The molecule has 0 atom stereocenters. The Bertz CT molecular complexity index is 331. The lowest BCUT2D eigenvalue weighted by molar-refractivity contribution is 0.653. The largest absolute Gasteiger partial charge is 0.316 e. The second-order valence-corrected chi connectivity index (χ2v) is 4.04. The van der Waals surface area contributed by atoms with Crippen LogP contribution >= 0.6 is 11.6 Å². The molecule has 16 heavy (non-hydrogen) atoms. The predicted molar refractivity (Wildman–Crippen MR) is 69.7 cm³/mol. The molecule has 0 aliphatic carbocycles. The van der Waals surface area contributed by atoms with Gasteiger partial charge in [0, 0.05) is 6.54 Å². The van der Waals surface area contributed by atoms with Crippen LogP contribution < -0.4 is 5.32 Å². The molecule has 0 aliphatic rings. The number of hydrogen-bond acceptors (Lipinski definition) is 2. The molecule has 0 aliphatic heterocycles. The van der Waals surface area contributed by atoms with Gasteiger partial charge >= 0.3 is 0 Å². The molecule has 4 heteroatoms. The Morgan fingerprint density at radius 2 is 2.25 bits per heavy atom. The fraction of sp³-hybridized carbons (Fsp3) is 0.583. The van der Waals surface area contributed by atoms with Crippen molar-refractivity contribution in [1.29, 1.82) is 0 Å². The van der Waals surface area contributed by atoms with Gasteiger partial charge in [0.2, 0.25) is 0 Å². The highest BCUT2D eigenvalue weighted by atomic mass is 35.5. The van der Waals surface area contributed by atoms with E-state index in [2.05, 4.69) is 30.3 Å². The van der Waals surface area contributed by atoms with Crippen molar-refractivity contribution in [3.8, 4) is 0 Å². The summed E-state index contributed by atoms with van der Waals surface area (Å²) in [5, 5.41) is 8.25. The minimum absolute atomic E-state index is 0.722. The van der Waals surface area contributed by atoms with Crippen LogP contribution in [0, 0.1) is 0 Å². The van der Waals surface area contributed by atoms with Gasteiger partial charge in [-0.05, 0) is 38.9 Å². The van der Waals surface area contributed by atoms with Gasteiger partial charge in [-0.1, -0.05) is 24.6 Å². The van der Waals surface area contributed by atoms with E-state index in [0.29, 0.717) is 0 Å². The number of rotatable bonds is 7. The molecule has 1 heterocycles. The van der Waals surface area contributed by atoms with E-state index in [1.807, 2.05) is 10.8 Å². The van der Waals surface area contributed by atoms with E-state index in [1.165, 1.54) is 6.42 Å². The quantitative estimate of drug-likeness (QED) is 0.744. The molecular weight excluding hydrogens is 222 g/mol. The van der Waals surface area contributed by atoms with E-state index in [1.54, 1.807) is 6.20 Å². The van der Waals surface area contributed by atoms with Crippen molar-refractivity contribution in [2.75, 3.05) is 13.1 Å². The second kappa shape index (κ2) is 7.47. The van der Waals surface area contributed by atoms with Crippen LogP contribution in [0.2, 0.25) is 5.02 Å². The molecule has 0 aromatic carbocycles. The van der Waals surface area contributed by atoms with Crippen molar-refractivity contribution in [2.45, 2.75) is 33.2 Å². The average molecular weight is 242 g/mol. The van der Waals surface area contributed by atoms with Gasteiger partial charge in [-0.2, -0.15) is 5.10 Å². The van der Waals surface area contributed by atoms with Crippen molar-refractivity contribution < 1.29 is 0 Å². The lowest BCUT2D eigenvalue weighted by Crippen LogP contribution is -2.15. The van der Waals surface area contributed by atoms with Crippen molar-refractivity contribution in [3.63, 3.8) is 0 Å². The minimum atomic E-state index is 0.722. The van der Waals surface area contributed by atoms with E-state index >= 15 is 0 Å². The van der Waals surface area contributed by atoms with Gasteiger partial charge in [-0.3, -0.25) is 4.68 Å². The topological polar surface area (TPSA) is 29.9 Å². The lowest BCUT2D eigenvalue weighted by atomic mass is 10.3. The second-order valence-electron chi connectivity index (χ2n) is 3.63. The lowest BCUT2D eigenvalue weighted by Gasteiger charge is -2.00. The van der Waals surface area contributed by atoms with Gasteiger partial charge in [0.15, 0.2) is 0 Å². The van der Waals surface area contributed by atoms with Crippen LogP contribution in [-0.4, -0.2) is 22.9 Å². The molecule has 0 spiro atoms. The van der Waals surface area contributed by atoms with Gasteiger partial charge < -0.3 is 5.32 Å². The third kappa shape index (κ3) is 3.99. The van der Waals surface area contributed by atoms with E-state index in [0.717, 1.165) is 36.8 Å². The highest BCUT2D eigenvalue weighted by molar-refractivity contribution is 6.31. The minimum Gasteiger partial charge on any atom is -0.316 e. The Hall–Kier alpha value is -0.800.